The number of nitrogens with zero attached hydrogens (tertiary/aromatic N) is 3. The summed E-state index contributed by atoms with van der Waals surface area (Å²) in [5.41, 5.74) is 10.2. The summed E-state index contributed by atoms with van der Waals surface area (Å²) >= 11 is 0. The van der Waals surface area contributed by atoms with Crippen LogP contribution in [0.1, 0.15) is 63.8 Å². The van der Waals surface area contributed by atoms with E-state index in [9.17, 15) is 9.59 Å². The number of amides is 2. The fourth-order valence-corrected chi connectivity index (χ4v) is 2.98. The summed E-state index contributed by atoms with van der Waals surface area (Å²) in [5, 5.41) is 32.6. The van der Waals surface area contributed by atoms with E-state index in [1.807, 2.05) is 24.3 Å². The largest absolute Gasteiger partial charge is 0.444 e. The molecule has 0 aliphatic carbocycles. The molecule has 0 fully saturated rings. The lowest BCUT2D eigenvalue weighted by atomic mass is 10.1. The molecule has 0 unspecified atom stereocenters. The fourth-order valence-electron chi connectivity index (χ4n) is 2.98. The smallest absolute Gasteiger partial charge is 0.413 e. The number of azide groups is 1. The summed E-state index contributed by atoms with van der Waals surface area (Å²) in [6.45, 7) is 11.0. The van der Waals surface area contributed by atoms with Crippen LogP contribution in [0.2, 0.25) is 0 Å². The van der Waals surface area contributed by atoms with E-state index in [4.69, 9.17) is 30.9 Å². The Kier molecular flexibility index (Phi) is 13.3. The van der Waals surface area contributed by atoms with Gasteiger partial charge in [0.15, 0.2) is 0 Å². The zero-order valence-electron chi connectivity index (χ0n) is 23.9. The van der Waals surface area contributed by atoms with E-state index in [2.05, 4.69) is 20.7 Å². The van der Waals surface area contributed by atoms with Gasteiger partial charge in [-0.1, -0.05) is 53.6 Å². The first-order chi connectivity index (χ1) is 18.6. The number of aliphatic hydroxyl groups excluding tert-OH is 1. The zero-order chi connectivity index (χ0) is 30.3. The molecule has 0 spiro atoms. The second kappa shape index (κ2) is 15.9. The van der Waals surface area contributed by atoms with Gasteiger partial charge in [0.1, 0.15) is 22.9 Å². The molecule has 5 N–H and O–H groups in total. The standard InChI is InChI=1S/C14H19N5O2.C14H20N2O3/c1-14(2,3)21-13(20)18-12(15)11-6-4-10(5-7-11)8-9-17-19-16;1-14(2,3)19-13(18)16-12(15)11-6-4-10(5-7-11)8-9-17/h4-7H,8-9H2,1-3H3,(H2,15,18,20);4-7,17H,8-9H2,1-3H3,(H2,15,16,18). The highest BCUT2D eigenvalue weighted by Crippen LogP contribution is 2.10. The first-order valence-electron chi connectivity index (χ1n) is 12.6. The molecule has 216 valence electrons. The van der Waals surface area contributed by atoms with Crippen molar-refractivity contribution in [1.82, 2.24) is 10.6 Å². The normalized spacial score (nSPS) is 10.7. The lowest BCUT2D eigenvalue weighted by Gasteiger charge is -2.19. The van der Waals surface area contributed by atoms with Crippen molar-refractivity contribution in [3.63, 3.8) is 0 Å². The van der Waals surface area contributed by atoms with Crippen LogP contribution in [-0.4, -0.2) is 53.3 Å². The van der Waals surface area contributed by atoms with Crippen LogP contribution in [0, 0.1) is 10.8 Å². The summed E-state index contributed by atoms with van der Waals surface area (Å²) in [5.74, 6) is -0.0318. The van der Waals surface area contributed by atoms with Gasteiger partial charge >= 0.3 is 12.2 Å². The molecule has 0 bridgehead atoms. The highest BCUT2D eigenvalue weighted by Gasteiger charge is 2.18. The Balaban J connectivity index is 0.000000402. The molecule has 0 aliphatic rings. The summed E-state index contributed by atoms with van der Waals surface area (Å²) in [6.07, 6.45) is -0.0820. The van der Waals surface area contributed by atoms with Gasteiger partial charge in [0.25, 0.3) is 0 Å². The third-order valence-electron chi connectivity index (χ3n) is 4.70. The van der Waals surface area contributed by atoms with Crippen molar-refractivity contribution in [1.29, 1.82) is 10.8 Å². The number of rotatable bonds is 7. The predicted octanol–water partition coefficient (Wildman–Crippen LogP) is 5.46. The minimum atomic E-state index is -0.653. The van der Waals surface area contributed by atoms with Crippen LogP contribution in [0.25, 0.3) is 10.4 Å². The van der Waals surface area contributed by atoms with E-state index < -0.39 is 23.4 Å². The maximum absolute atomic E-state index is 11.6. The lowest BCUT2D eigenvalue weighted by Crippen LogP contribution is -2.36. The minimum Gasteiger partial charge on any atom is -0.444 e. The second-order valence-electron chi connectivity index (χ2n) is 10.6. The molecule has 0 aromatic heterocycles. The molecule has 40 heavy (non-hydrogen) atoms. The maximum atomic E-state index is 11.6. The SMILES string of the molecule is CC(C)(C)OC(=O)NC(=N)c1ccc(CCN=[N+]=[N-])cc1.CC(C)(C)OC(=O)NC(=N)c1ccc(CCO)cc1. The van der Waals surface area contributed by atoms with Gasteiger partial charge in [-0.3, -0.25) is 21.5 Å². The van der Waals surface area contributed by atoms with Gasteiger partial charge in [-0.05, 0) is 71.0 Å². The summed E-state index contributed by atoms with van der Waals surface area (Å²) < 4.78 is 10.1. The molecule has 0 atom stereocenters. The number of aliphatic hydroxyl groups is 1. The molecule has 0 heterocycles. The third kappa shape index (κ3) is 14.5. The molecule has 2 aromatic rings. The van der Waals surface area contributed by atoms with Crippen LogP contribution in [0.3, 0.4) is 0 Å². The molecule has 0 saturated carbocycles. The Hall–Kier alpha value is -4.41. The molecular formula is C28H39N7O5. The van der Waals surface area contributed by atoms with Crippen molar-refractivity contribution in [2.75, 3.05) is 13.2 Å². The zero-order valence-corrected chi connectivity index (χ0v) is 23.9. The third-order valence-corrected chi connectivity index (χ3v) is 4.70. The summed E-state index contributed by atoms with van der Waals surface area (Å²) in [6, 6.07) is 14.2. The monoisotopic (exact) mass is 553 g/mol. The molecule has 0 radical (unpaired) electrons. The average molecular weight is 554 g/mol. The Bertz CT molecular complexity index is 1190. The topological polar surface area (TPSA) is 193 Å². The van der Waals surface area contributed by atoms with Crippen LogP contribution >= 0.6 is 0 Å². The highest BCUT2D eigenvalue weighted by molar-refractivity contribution is 6.05. The van der Waals surface area contributed by atoms with Crippen molar-refractivity contribution in [2.45, 2.75) is 65.6 Å². The van der Waals surface area contributed by atoms with Gasteiger partial charge in [0, 0.05) is 29.2 Å². The quantitative estimate of drug-likeness (QED) is 0.0996. The van der Waals surface area contributed by atoms with E-state index in [1.54, 1.807) is 65.8 Å². The second-order valence-corrected chi connectivity index (χ2v) is 10.6. The Morgan fingerprint density at radius 1 is 0.800 bits per heavy atom. The minimum absolute atomic E-state index is 0.00945. The molecule has 2 rings (SSSR count). The van der Waals surface area contributed by atoms with Crippen molar-refractivity contribution in [2.24, 2.45) is 5.11 Å². The summed E-state index contributed by atoms with van der Waals surface area (Å²) in [4.78, 5) is 25.8. The Morgan fingerprint density at radius 3 is 1.50 bits per heavy atom. The fraction of sp³-hybridized carbons (Fsp3) is 0.429. The van der Waals surface area contributed by atoms with E-state index in [1.165, 1.54) is 0 Å². The van der Waals surface area contributed by atoms with Gasteiger partial charge in [0.05, 0.1) is 0 Å². The van der Waals surface area contributed by atoms with Crippen molar-refractivity contribution in [3.05, 3.63) is 81.2 Å². The first-order valence-corrected chi connectivity index (χ1v) is 12.6. The number of nitrogens with one attached hydrogen (secondary N) is 4. The number of carbonyl (C=O) groups is 2. The Labute approximate surface area is 234 Å². The van der Waals surface area contributed by atoms with Crippen LogP contribution in [0.4, 0.5) is 9.59 Å². The van der Waals surface area contributed by atoms with E-state index >= 15 is 0 Å². The summed E-state index contributed by atoms with van der Waals surface area (Å²) in [7, 11) is 0. The predicted molar refractivity (Wildman–Crippen MR) is 154 cm³/mol. The number of hydrogen-bond acceptors (Lipinski definition) is 8. The number of carbonyl (C=O) groups excluding carboxylic acids is 2. The van der Waals surface area contributed by atoms with Gasteiger partial charge in [-0.15, -0.1) is 0 Å². The molecule has 0 saturated heterocycles. The van der Waals surface area contributed by atoms with Gasteiger partial charge in [0.2, 0.25) is 0 Å². The molecule has 2 amide bonds. The molecular weight excluding hydrogens is 514 g/mol. The van der Waals surface area contributed by atoms with Gasteiger partial charge in [-0.2, -0.15) is 0 Å². The first kappa shape index (κ1) is 33.6. The average Bonchev–Trinajstić information content (AvgIpc) is 2.83. The van der Waals surface area contributed by atoms with Crippen molar-refractivity contribution < 1.29 is 24.2 Å². The Morgan fingerprint density at radius 2 is 1.18 bits per heavy atom. The molecule has 12 heteroatoms. The van der Waals surface area contributed by atoms with Crippen molar-refractivity contribution >= 4 is 23.9 Å². The highest BCUT2D eigenvalue weighted by atomic mass is 16.6. The maximum Gasteiger partial charge on any atom is 0.413 e. The number of amidine groups is 2. The number of ether oxygens (including phenoxy) is 2. The van der Waals surface area contributed by atoms with Crippen molar-refractivity contribution in [3.8, 4) is 0 Å². The number of alkyl carbamates (subject to hydrolysis) is 2. The molecule has 12 nitrogen and oxygen atoms in total. The van der Waals surface area contributed by atoms with Gasteiger partial charge in [-0.25, -0.2) is 9.59 Å². The number of hydrogen-bond donors (Lipinski definition) is 5. The van der Waals surface area contributed by atoms with Gasteiger partial charge < -0.3 is 14.6 Å². The van der Waals surface area contributed by atoms with Crippen LogP contribution in [0.15, 0.2) is 53.6 Å². The number of benzene rings is 2. The van der Waals surface area contributed by atoms with E-state index in [0.29, 0.717) is 30.5 Å². The lowest BCUT2D eigenvalue weighted by molar-refractivity contribution is 0.0551. The van der Waals surface area contributed by atoms with Crippen LogP contribution in [0.5, 0.6) is 0 Å². The van der Waals surface area contributed by atoms with E-state index in [-0.39, 0.29) is 18.3 Å². The molecule has 2 aromatic carbocycles. The van der Waals surface area contributed by atoms with Crippen LogP contribution in [-0.2, 0) is 22.3 Å². The van der Waals surface area contributed by atoms with Crippen LogP contribution < -0.4 is 10.6 Å². The van der Waals surface area contributed by atoms with E-state index in [0.717, 1.165) is 11.1 Å². The molecule has 0 aliphatic heterocycles.